The zero-order valence-corrected chi connectivity index (χ0v) is 18.1. The maximum absolute atomic E-state index is 12.4. The average molecular weight is 450 g/mol. The number of thioether (sulfide) groups is 1. The van der Waals surface area contributed by atoms with E-state index in [0.717, 1.165) is 10.6 Å². The molecule has 2 N–H and O–H groups in total. The minimum atomic E-state index is -3.72. The molecule has 0 saturated heterocycles. The van der Waals surface area contributed by atoms with Gasteiger partial charge < -0.3 is 10.1 Å². The largest absolute Gasteiger partial charge is 0.497 e. The maximum Gasteiger partial charge on any atom is 0.263 e. The topological polar surface area (TPSA) is 97.4 Å². The van der Waals surface area contributed by atoms with Crippen molar-refractivity contribution in [3.63, 3.8) is 0 Å². The van der Waals surface area contributed by atoms with Gasteiger partial charge in [0.25, 0.3) is 10.0 Å². The highest BCUT2D eigenvalue weighted by Gasteiger charge is 2.17. The molecule has 1 unspecified atom stereocenters. The lowest BCUT2D eigenvalue weighted by molar-refractivity contribution is -0.115. The molecule has 10 heteroatoms. The van der Waals surface area contributed by atoms with E-state index in [0.29, 0.717) is 10.8 Å². The molecule has 0 fully saturated rings. The van der Waals surface area contributed by atoms with Crippen LogP contribution in [0.3, 0.4) is 0 Å². The second-order valence-electron chi connectivity index (χ2n) is 5.89. The fourth-order valence-corrected chi connectivity index (χ4v) is 4.98. The van der Waals surface area contributed by atoms with Crippen LogP contribution in [0, 0.1) is 0 Å². The van der Waals surface area contributed by atoms with E-state index in [4.69, 9.17) is 4.74 Å². The van der Waals surface area contributed by atoms with E-state index < -0.39 is 10.0 Å². The molecule has 1 aromatic heterocycles. The Bertz CT molecular complexity index is 1050. The van der Waals surface area contributed by atoms with Gasteiger partial charge in [-0.2, -0.15) is 0 Å². The SMILES string of the molecule is COc1ccc(SC(C)C(=O)Nc2ccc(S(=O)(=O)Nc3nccs3)cc2)cc1. The summed E-state index contributed by atoms with van der Waals surface area (Å²) in [5.74, 6) is 0.577. The number of amides is 1. The number of hydrogen-bond donors (Lipinski definition) is 2. The standard InChI is InChI=1S/C19H19N3O4S3/c1-13(28-16-7-5-15(26-2)6-8-16)18(23)21-14-3-9-17(10-4-14)29(24,25)22-19-20-11-12-27-19/h3-13H,1-2H3,(H,20,22)(H,21,23). The third-order valence-corrected chi connectivity index (χ3v) is 7.11. The van der Waals surface area contributed by atoms with Crippen molar-refractivity contribution in [3.05, 3.63) is 60.1 Å². The summed E-state index contributed by atoms with van der Waals surface area (Å²) < 4.78 is 32.2. The first-order valence-corrected chi connectivity index (χ1v) is 11.8. The molecule has 0 aliphatic rings. The summed E-state index contributed by atoms with van der Waals surface area (Å²) in [6, 6.07) is 13.4. The number of ether oxygens (including phenoxy) is 1. The molecule has 0 saturated carbocycles. The summed E-state index contributed by atoms with van der Waals surface area (Å²) in [6.07, 6.45) is 1.52. The van der Waals surface area contributed by atoms with Gasteiger partial charge in [0.05, 0.1) is 17.3 Å². The monoisotopic (exact) mass is 449 g/mol. The smallest absolute Gasteiger partial charge is 0.263 e. The molecule has 3 aromatic rings. The lowest BCUT2D eigenvalue weighted by Crippen LogP contribution is -2.22. The first kappa shape index (κ1) is 21.2. The van der Waals surface area contributed by atoms with Crippen LogP contribution in [-0.2, 0) is 14.8 Å². The van der Waals surface area contributed by atoms with Crippen molar-refractivity contribution in [3.8, 4) is 5.75 Å². The molecule has 0 aliphatic heterocycles. The molecule has 1 heterocycles. The van der Waals surface area contributed by atoms with Gasteiger partial charge in [-0.15, -0.1) is 23.1 Å². The number of aromatic nitrogens is 1. The number of rotatable bonds is 8. The highest BCUT2D eigenvalue weighted by molar-refractivity contribution is 8.00. The van der Waals surface area contributed by atoms with Crippen molar-refractivity contribution >= 4 is 49.8 Å². The highest BCUT2D eigenvalue weighted by atomic mass is 32.2. The first-order chi connectivity index (χ1) is 13.9. The van der Waals surface area contributed by atoms with Crippen LogP contribution < -0.4 is 14.8 Å². The molecule has 152 valence electrons. The first-order valence-electron chi connectivity index (χ1n) is 8.51. The van der Waals surface area contributed by atoms with Crippen molar-refractivity contribution in [1.82, 2.24) is 4.98 Å². The van der Waals surface area contributed by atoms with Crippen molar-refractivity contribution in [2.45, 2.75) is 22.0 Å². The molecule has 0 spiro atoms. The molecule has 1 amide bonds. The average Bonchev–Trinajstić information content (AvgIpc) is 3.21. The molecule has 29 heavy (non-hydrogen) atoms. The van der Waals surface area contributed by atoms with E-state index in [2.05, 4.69) is 15.0 Å². The number of anilines is 2. The van der Waals surface area contributed by atoms with Crippen LogP contribution in [-0.4, -0.2) is 31.7 Å². The molecule has 2 aromatic carbocycles. The summed E-state index contributed by atoms with van der Waals surface area (Å²) in [4.78, 5) is 17.4. The number of benzene rings is 2. The third-order valence-electron chi connectivity index (χ3n) is 3.83. The van der Waals surface area contributed by atoms with Crippen molar-refractivity contribution in [2.75, 3.05) is 17.1 Å². The van der Waals surface area contributed by atoms with E-state index in [9.17, 15) is 13.2 Å². The summed E-state index contributed by atoms with van der Waals surface area (Å²) in [5, 5.41) is 4.44. The molecular weight excluding hydrogens is 430 g/mol. The second-order valence-corrected chi connectivity index (χ2v) is 9.88. The van der Waals surface area contributed by atoms with E-state index in [1.165, 1.54) is 41.4 Å². The molecule has 1 atom stereocenters. The highest BCUT2D eigenvalue weighted by Crippen LogP contribution is 2.26. The van der Waals surface area contributed by atoms with Crippen LogP contribution in [0.15, 0.2) is 69.9 Å². The van der Waals surface area contributed by atoms with E-state index in [-0.39, 0.29) is 16.1 Å². The molecule has 7 nitrogen and oxygen atoms in total. The second kappa shape index (κ2) is 9.29. The van der Waals surface area contributed by atoms with Gasteiger partial charge in [-0.1, -0.05) is 0 Å². The Morgan fingerprint density at radius 3 is 2.41 bits per heavy atom. The van der Waals surface area contributed by atoms with Crippen LogP contribution in [0.4, 0.5) is 10.8 Å². The fraction of sp³-hybridized carbons (Fsp3) is 0.158. The zero-order valence-electron chi connectivity index (χ0n) is 15.7. The van der Waals surface area contributed by atoms with E-state index in [1.54, 1.807) is 31.5 Å². The Balaban J connectivity index is 1.60. The van der Waals surface area contributed by atoms with Crippen molar-refractivity contribution < 1.29 is 17.9 Å². The van der Waals surface area contributed by atoms with Crippen LogP contribution in [0.25, 0.3) is 0 Å². The minimum absolute atomic E-state index is 0.0892. The van der Waals surface area contributed by atoms with Gasteiger partial charge in [-0.3, -0.25) is 9.52 Å². The molecular formula is C19H19N3O4S3. The number of hydrogen-bond acceptors (Lipinski definition) is 7. The van der Waals surface area contributed by atoms with Crippen LogP contribution in [0.1, 0.15) is 6.92 Å². The number of carbonyl (C=O) groups excluding carboxylic acids is 1. The lowest BCUT2D eigenvalue weighted by Gasteiger charge is -2.13. The third kappa shape index (κ3) is 5.72. The van der Waals surface area contributed by atoms with Crippen molar-refractivity contribution in [1.29, 1.82) is 0 Å². The summed E-state index contributed by atoms with van der Waals surface area (Å²) in [6.45, 7) is 1.81. The van der Waals surface area contributed by atoms with Gasteiger partial charge in [-0.05, 0) is 55.5 Å². The fourth-order valence-electron chi connectivity index (χ4n) is 2.32. The number of carbonyl (C=O) groups is 1. The summed E-state index contributed by atoms with van der Waals surface area (Å²) >= 11 is 2.61. The molecule has 3 rings (SSSR count). The van der Waals surface area contributed by atoms with Crippen LogP contribution in [0.5, 0.6) is 5.75 Å². The van der Waals surface area contributed by atoms with E-state index in [1.807, 2.05) is 24.3 Å². The predicted molar refractivity (Wildman–Crippen MR) is 116 cm³/mol. The molecule has 0 aliphatic carbocycles. The normalized spacial score (nSPS) is 12.2. The summed E-state index contributed by atoms with van der Waals surface area (Å²) in [5.41, 5.74) is 0.519. The van der Waals surface area contributed by atoms with Gasteiger partial charge in [0.2, 0.25) is 5.91 Å². The number of sulfonamides is 1. The predicted octanol–water partition coefficient (Wildman–Crippen LogP) is 4.07. The van der Waals surface area contributed by atoms with Gasteiger partial charge in [0.15, 0.2) is 5.13 Å². The Labute approximate surface area is 177 Å². The van der Waals surface area contributed by atoms with Gasteiger partial charge in [-0.25, -0.2) is 13.4 Å². The van der Waals surface area contributed by atoms with Gasteiger partial charge in [0.1, 0.15) is 5.75 Å². The van der Waals surface area contributed by atoms with Crippen LogP contribution in [0.2, 0.25) is 0 Å². The van der Waals surface area contributed by atoms with Crippen LogP contribution >= 0.6 is 23.1 Å². The Morgan fingerprint density at radius 1 is 1.14 bits per heavy atom. The zero-order chi connectivity index (χ0) is 20.9. The Morgan fingerprint density at radius 2 is 1.83 bits per heavy atom. The Kier molecular flexibility index (Phi) is 6.78. The lowest BCUT2D eigenvalue weighted by atomic mass is 10.3. The minimum Gasteiger partial charge on any atom is -0.497 e. The number of thiazole rings is 1. The maximum atomic E-state index is 12.4. The van der Waals surface area contributed by atoms with Gasteiger partial charge in [0, 0.05) is 22.2 Å². The number of methoxy groups -OCH3 is 1. The van der Waals surface area contributed by atoms with Gasteiger partial charge >= 0.3 is 0 Å². The van der Waals surface area contributed by atoms with E-state index >= 15 is 0 Å². The number of nitrogens with one attached hydrogen (secondary N) is 2. The Hall–Kier alpha value is -2.56. The molecule has 0 radical (unpaired) electrons. The summed E-state index contributed by atoms with van der Waals surface area (Å²) in [7, 11) is -2.12. The quantitative estimate of drug-likeness (QED) is 0.503. The number of nitrogens with zero attached hydrogens (tertiary/aromatic N) is 1. The molecule has 0 bridgehead atoms. The van der Waals surface area contributed by atoms with Crippen molar-refractivity contribution in [2.24, 2.45) is 0 Å².